The molecule has 1 aromatic heterocycles. The Bertz CT molecular complexity index is 538. The molecule has 0 unspecified atom stereocenters. The highest BCUT2D eigenvalue weighted by Gasteiger charge is 2.04. The lowest BCUT2D eigenvalue weighted by atomic mass is 10.1. The zero-order valence-electron chi connectivity index (χ0n) is 11.6. The van der Waals surface area contributed by atoms with Gasteiger partial charge in [0.15, 0.2) is 0 Å². The molecule has 0 aliphatic rings. The lowest BCUT2D eigenvalue weighted by Gasteiger charge is -2.09. The van der Waals surface area contributed by atoms with Crippen LogP contribution in [0.15, 0.2) is 30.6 Å². The fourth-order valence-corrected chi connectivity index (χ4v) is 1.69. The molecule has 0 amide bonds. The molecule has 1 heterocycles. The van der Waals surface area contributed by atoms with E-state index in [-0.39, 0.29) is 0 Å². The molecule has 1 N–H and O–H groups in total. The molecule has 100 valence electrons. The molecule has 4 heteroatoms. The molecule has 0 aliphatic carbocycles. The number of rotatable bonds is 5. The van der Waals surface area contributed by atoms with Crippen LogP contribution in [0.4, 0.5) is 0 Å². The van der Waals surface area contributed by atoms with Gasteiger partial charge in [-0.2, -0.15) is 0 Å². The molecule has 4 nitrogen and oxygen atoms in total. The summed E-state index contributed by atoms with van der Waals surface area (Å²) in [6.07, 6.45) is 3.40. The molecule has 0 spiro atoms. The third-order valence-electron chi connectivity index (χ3n) is 3.01. The van der Waals surface area contributed by atoms with Crippen molar-refractivity contribution >= 4 is 0 Å². The number of nitrogens with one attached hydrogen (secondary N) is 1. The summed E-state index contributed by atoms with van der Waals surface area (Å²) in [6, 6.07) is 5.98. The predicted octanol–water partition coefficient (Wildman–Crippen LogP) is 3.00. The molecule has 0 bridgehead atoms. The van der Waals surface area contributed by atoms with Crippen molar-refractivity contribution in [1.29, 1.82) is 0 Å². The fraction of sp³-hybridized carbons (Fsp3) is 0.333. The van der Waals surface area contributed by atoms with Gasteiger partial charge in [-0.3, -0.25) is 4.98 Å². The number of aryl methyl sites for hydroxylation is 1. The van der Waals surface area contributed by atoms with Gasteiger partial charge in [0.1, 0.15) is 5.75 Å². The Labute approximate surface area is 113 Å². The van der Waals surface area contributed by atoms with Crippen LogP contribution < -0.4 is 10.1 Å². The summed E-state index contributed by atoms with van der Waals surface area (Å²) < 4.78 is 5.76. The van der Waals surface area contributed by atoms with E-state index in [2.05, 4.69) is 35.2 Å². The van der Waals surface area contributed by atoms with Crippen LogP contribution in [0.1, 0.15) is 23.7 Å². The van der Waals surface area contributed by atoms with Crippen molar-refractivity contribution in [2.24, 2.45) is 0 Å². The summed E-state index contributed by atoms with van der Waals surface area (Å²) in [4.78, 5) is 8.59. The second kappa shape index (κ2) is 6.29. The van der Waals surface area contributed by atoms with E-state index in [1.165, 1.54) is 5.56 Å². The van der Waals surface area contributed by atoms with Crippen molar-refractivity contribution in [1.82, 2.24) is 15.3 Å². The minimum absolute atomic E-state index is 0.522. The van der Waals surface area contributed by atoms with E-state index in [9.17, 15) is 0 Å². The maximum Gasteiger partial charge on any atom is 0.237 e. The van der Waals surface area contributed by atoms with Crippen LogP contribution in [-0.4, -0.2) is 16.5 Å². The number of nitrogens with zero attached hydrogens (tertiary/aromatic N) is 2. The first-order valence-corrected chi connectivity index (χ1v) is 6.46. The Hall–Kier alpha value is -1.94. The molecule has 0 saturated carbocycles. The van der Waals surface area contributed by atoms with Crippen molar-refractivity contribution in [2.45, 2.75) is 27.3 Å². The minimum Gasteiger partial charge on any atom is -0.437 e. The number of aromatic nitrogens is 2. The average Bonchev–Trinajstić information content (AvgIpc) is 2.43. The minimum atomic E-state index is 0.522. The average molecular weight is 257 g/mol. The number of ether oxygens (including phenoxy) is 1. The van der Waals surface area contributed by atoms with E-state index >= 15 is 0 Å². The van der Waals surface area contributed by atoms with Crippen molar-refractivity contribution in [2.75, 3.05) is 6.54 Å². The first kappa shape index (κ1) is 13.5. The highest BCUT2D eigenvalue weighted by molar-refractivity contribution is 5.39. The van der Waals surface area contributed by atoms with E-state index in [0.29, 0.717) is 5.88 Å². The quantitative estimate of drug-likeness (QED) is 0.894. The first-order chi connectivity index (χ1) is 9.20. The van der Waals surface area contributed by atoms with Gasteiger partial charge in [-0.15, -0.1) is 0 Å². The maximum absolute atomic E-state index is 5.76. The third-order valence-corrected chi connectivity index (χ3v) is 3.01. The molecule has 0 atom stereocenters. The van der Waals surface area contributed by atoms with Gasteiger partial charge in [-0.1, -0.05) is 19.1 Å². The molecule has 19 heavy (non-hydrogen) atoms. The largest absolute Gasteiger partial charge is 0.437 e. The molecular formula is C15H19N3O. The summed E-state index contributed by atoms with van der Waals surface area (Å²) in [5, 5.41) is 3.21. The summed E-state index contributed by atoms with van der Waals surface area (Å²) in [5.74, 6) is 1.35. The van der Waals surface area contributed by atoms with Crippen LogP contribution in [0.2, 0.25) is 0 Å². The van der Waals surface area contributed by atoms with Gasteiger partial charge in [-0.05, 0) is 37.6 Å². The number of hydrogen-bond donors (Lipinski definition) is 1. The standard InChI is InChI=1S/C15H19N3O/c1-4-16-8-13-9-18-15(10-17-13)19-14-7-5-6-11(2)12(14)3/h5-7,9-10,16H,4,8H2,1-3H3. The molecule has 2 rings (SSSR count). The molecule has 2 aromatic rings. The van der Waals surface area contributed by atoms with E-state index in [0.717, 1.165) is 30.1 Å². The van der Waals surface area contributed by atoms with Crippen LogP contribution in [0.25, 0.3) is 0 Å². The Morgan fingerprint density at radius 3 is 2.68 bits per heavy atom. The maximum atomic E-state index is 5.76. The zero-order chi connectivity index (χ0) is 13.7. The van der Waals surface area contributed by atoms with Crippen molar-refractivity contribution in [3.8, 4) is 11.6 Å². The van der Waals surface area contributed by atoms with Gasteiger partial charge in [-0.25, -0.2) is 4.98 Å². The number of hydrogen-bond acceptors (Lipinski definition) is 4. The third kappa shape index (κ3) is 3.51. The highest BCUT2D eigenvalue weighted by Crippen LogP contribution is 2.24. The second-order valence-corrected chi connectivity index (χ2v) is 4.43. The van der Waals surface area contributed by atoms with Crippen LogP contribution in [0.3, 0.4) is 0 Å². The van der Waals surface area contributed by atoms with E-state index in [1.54, 1.807) is 12.4 Å². The molecular weight excluding hydrogens is 238 g/mol. The molecule has 0 fully saturated rings. The van der Waals surface area contributed by atoms with Crippen LogP contribution in [-0.2, 0) is 6.54 Å². The van der Waals surface area contributed by atoms with E-state index < -0.39 is 0 Å². The summed E-state index contributed by atoms with van der Waals surface area (Å²) in [7, 11) is 0. The van der Waals surface area contributed by atoms with Gasteiger partial charge in [0, 0.05) is 6.54 Å². The summed E-state index contributed by atoms with van der Waals surface area (Å²) in [5.41, 5.74) is 3.24. The van der Waals surface area contributed by atoms with Gasteiger partial charge < -0.3 is 10.1 Å². The summed E-state index contributed by atoms with van der Waals surface area (Å²) in [6.45, 7) is 7.81. The molecule has 0 saturated heterocycles. The Morgan fingerprint density at radius 1 is 1.16 bits per heavy atom. The fourth-order valence-electron chi connectivity index (χ4n) is 1.69. The molecule has 0 aliphatic heterocycles. The van der Waals surface area contributed by atoms with Crippen LogP contribution in [0.5, 0.6) is 11.6 Å². The van der Waals surface area contributed by atoms with Gasteiger partial charge in [0.2, 0.25) is 5.88 Å². The first-order valence-electron chi connectivity index (χ1n) is 6.46. The van der Waals surface area contributed by atoms with E-state index in [1.807, 2.05) is 19.1 Å². The highest BCUT2D eigenvalue weighted by atomic mass is 16.5. The van der Waals surface area contributed by atoms with E-state index in [4.69, 9.17) is 4.74 Å². The lowest BCUT2D eigenvalue weighted by molar-refractivity contribution is 0.455. The molecule has 1 aromatic carbocycles. The Balaban J connectivity index is 2.09. The monoisotopic (exact) mass is 257 g/mol. The molecule has 0 radical (unpaired) electrons. The zero-order valence-corrected chi connectivity index (χ0v) is 11.6. The lowest BCUT2D eigenvalue weighted by Crippen LogP contribution is -2.13. The topological polar surface area (TPSA) is 47.0 Å². The normalized spacial score (nSPS) is 10.5. The van der Waals surface area contributed by atoms with Crippen LogP contribution >= 0.6 is 0 Å². The predicted molar refractivity (Wildman–Crippen MR) is 75.4 cm³/mol. The van der Waals surface area contributed by atoms with Crippen LogP contribution in [0, 0.1) is 13.8 Å². The van der Waals surface area contributed by atoms with Crippen molar-refractivity contribution in [3.63, 3.8) is 0 Å². The van der Waals surface area contributed by atoms with Gasteiger partial charge >= 0.3 is 0 Å². The van der Waals surface area contributed by atoms with Crippen molar-refractivity contribution in [3.05, 3.63) is 47.4 Å². The SMILES string of the molecule is CCNCc1cnc(Oc2cccc(C)c2C)cn1. The smallest absolute Gasteiger partial charge is 0.237 e. The van der Waals surface area contributed by atoms with Gasteiger partial charge in [0.05, 0.1) is 18.1 Å². The van der Waals surface area contributed by atoms with Crippen molar-refractivity contribution < 1.29 is 4.74 Å². The van der Waals surface area contributed by atoms with Gasteiger partial charge in [0.25, 0.3) is 0 Å². The Morgan fingerprint density at radius 2 is 2.00 bits per heavy atom. The number of benzene rings is 1. The second-order valence-electron chi connectivity index (χ2n) is 4.43. The Kier molecular flexibility index (Phi) is 4.47. The summed E-state index contributed by atoms with van der Waals surface area (Å²) >= 11 is 0.